The zero-order valence-corrected chi connectivity index (χ0v) is 13.0. The van der Waals surface area contributed by atoms with Crippen LogP contribution < -0.4 is 0 Å². The quantitative estimate of drug-likeness (QED) is 0.803. The average Bonchev–Trinajstić information content (AvgIpc) is 3.12. The molecule has 0 atom stereocenters. The highest BCUT2D eigenvalue weighted by Crippen LogP contribution is 2.30. The van der Waals surface area contributed by atoms with Crippen molar-refractivity contribution in [3.63, 3.8) is 0 Å². The average molecular weight is 331 g/mol. The molecule has 0 radical (unpaired) electrons. The SMILES string of the molecule is CC(C)CN(C(=O)c1ccc(Cl)c(Br)c1)C1CC1. The summed E-state index contributed by atoms with van der Waals surface area (Å²) < 4.78 is 0.773. The van der Waals surface area contributed by atoms with Gasteiger partial charge < -0.3 is 4.90 Å². The Kier molecular flexibility index (Phi) is 4.33. The largest absolute Gasteiger partial charge is 0.335 e. The lowest BCUT2D eigenvalue weighted by molar-refractivity contribution is 0.0722. The van der Waals surface area contributed by atoms with Gasteiger partial charge in [-0.05, 0) is 52.9 Å². The standard InChI is InChI=1S/C14H17BrClNO/c1-9(2)8-17(11-4-5-11)14(18)10-3-6-13(16)12(15)7-10/h3,6-7,9,11H,4-5,8H2,1-2H3. The number of rotatable bonds is 4. The number of carbonyl (C=O) groups is 1. The topological polar surface area (TPSA) is 20.3 Å². The summed E-state index contributed by atoms with van der Waals surface area (Å²) in [4.78, 5) is 14.5. The highest BCUT2D eigenvalue weighted by Gasteiger charge is 2.33. The van der Waals surface area contributed by atoms with Crippen molar-refractivity contribution in [2.45, 2.75) is 32.7 Å². The summed E-state index contributed by atoms with van der Waals surface area (Å²) in [5, 5.41) is 0.633. The normalized spacial score (nSPS) is 14.9. The highest BCUT2D eigenvalue weighted by atomic mass is 79.9. The molecule has 4 heteroatoms. The van der Waals surface area contributed by atoms with E-state index in [0.29, 0.717) is 22.5 Å². The molecular formula is C14H17BrClNO. The number of halogens is 2. The Balaban J connectivity index is 2.19. The molecule has 0 bridgehead atoms. The summed E-state index contributed by atoms with van der Waals surface area (Å²) in [6.45, 7) is 5.10. The lowest BCUT2D eigenvalue weighted by atomic mass is 10.1. The van der Waals surface area contributed by atoms with E-state index in [1.807, 2.05) is 4.90 Å². The molecule has 0 aliphatic heterocycles. The molecule has 0 heterocycles. The van der Waals surface area contributed by atoms with Gasteiger partial charge in [-0.1, -0.05) is 25.4 Å². The second-order valence-corrected chi connectivity index (χ2v) is 6.47. The van der Waals surface area contributed by atoms with Gasteiger partial charge in [0.15, 0.2) is 0 Å². The van der Waals surface area contributed by atoms with Gasteiger partial charge in [0.2, 0.25) is 0 Å². The van der Waals surface area contributed by atoms with E-state index in [0.717, 1.165) is 23.9 Å². The van der Waals surface area contributed by atoms with E-state index in [2.05, 4.69) is 29.8 Å². The van der Waals surface area contributed by atoms with E-state index in [-0.39, 0.29) is 5.91 Å². The third-order valence-electron chi connectivity index (χ3n) is 2.98. The van der Waals surface area contributed by atoms with Crippen molar-refractivity contribution in [3.8, 4) is 0 Å². The van der Waals surface area contributed by atoms with Crippen LogP contribution >= 0.6 is 27.5 Å². The molecule has 18 heavy (non-hydrogen) atoms. The molecule has 1 aromatic carbocycles. The van der Waals surface area contributed by atoms with Crippen LogP contribution in [0.25, 0.3) is 0 Å². The number of nitrogens with zero attached hydrogens (tertiary/aromatic N) is 1. The third kappa shape index (κ3) is 3.27. The summed E-state index contributed by atoms with van der Waals surface area (Å²) in [6, 6.07) is 5.81. The van der Waals surface area contributed by atoms with Gasteiger partial charge >= 0.3 is 0 Å². The third-order valence-corrected chi connectivity index (χ3v) is 4.19. The zero-order valence-electron chi connectivity index (χ0n) is 10.6. The van der Waals surface area contributed by atoms with E-state index in [1.165, 1.54) is 0 Å². The van der Waals surface area contributed by atoms with Crippen molar-refractivity contribution in [1.29, 1.82) is 0 Å². The Morgan fingerprint density at radius 1 is 1.50 bits per heavy atom. The van der Waals surface area contributed by atoms with Crippen LogP contribution in [0.5, 0.6) is 0 Å². The molecule has 1 saturated carbocycles. The summed E-state index contributed by atoms with van der Waals surface area (Å²) in [5.41, 5.74) is 0.707. The summed E-state index contributed by atoms with van der Waals surface area (Å²) in [5.74, 6) is 0.605. The Bertz CT molecular complexity index is 457. The molecule has 2 rings (SSSR count). The lowest BCUT2D eigenvalue weighted by Gasteiger charge is -2.24. The van der Waals surface area contributed by atoms with Gasteiger partial charge in [0.1, 0.15) is 0 Å². The van der Waals surface area contributed by atoms with Crippen molar-refractivity contribution in [2.24, 2.45) is 5.92 Å². The smallest absolute Gasteiger partial charge is 0.254 e. The fraction of sp³-hybridized carbons (Fsp3) is 0.500. The van der Waals surface area contributed by atoms with E-state index in [4.69, 9.17) is 11.6 Å². The second-order valence-electron chi connectivity index (χ2n) is 5.21. The van der Waals surface area contributed by atoms with Gasteiger partial charge in [-0.25, -0.2) is 0 Å². The van der Waals surface area contributed by atoms with Crippen LogP contribution in [-0.4, -0.2) is 23.4 Å². The fourth-order valence-electron chi connectivity index (χ4n) is 1.97. The van der Waals surface area contributed by atoms with E-state index >= 15 is 0 Å². The van der Waals surface area contributed by atoms with Crippen molar-refractivity contribution in [1.82, 2.24) is 4.90 Å². The van der Waals surface area contributed by atoms with Gasteiger partial charge in [-0.15, -0.1) is 0 Å². The zero-order chi connectivity index (χ0) is 13.3. The van der Waals surface area contributed by atoms with Crippen LogP contribution in [0.4, 0.5) is 0 Å². The molecule has 1 aromatic rings. The fourth-order valence-corrected chi connectivity index (χ4v) is 2.47. The van der Waals surface area contributed by atoms with Crippen molar-refractivity contribution < 1.29 is 4.79 Å². The van der Waals surface area contributed by atoms with Gasteiger partial charge in [0, 0.05) is 22.6 Å². The maximum absolute atomic E-state index is 12.5. The van der Waals surface area contributed by atoms with Crippen LogP contribution in [0, 0.1) is 5.92 Å². The molecule has 1 amide bonds. The van der Waals surface area contributed by atoms with Crippen LogP contribution in [0.2, 0.25) is 5.02 Å². The first kappa shape index (κ1) is 13.9. The predicted molar refractivity (Wildman–Crippen MR) is 78.0 cm³/mol. The Morgan fingerprint density at radius 2 is 2.17 bits per heavy atom. The minimum absolute atomic E-state index is 0.114. The number of hydrogen-bond donors (Lipinski definition) is 0. The summed E-state index contributed by atoms with van der Waals surface area (Å²) in [7, 11) is 0. The maximum Gasteiger partial charge on any atom is 0.254 e. The van der Waals surface area contributed by atoms with E-state index < -0.39 is 0 Å². The Labute approximate surface area is 121 Å². The number of benzene rings is 1. The molecule has 0 N–H and O–H groups in total. The van der Waals surface area contributed by atoms with Crippen LogP contribution in [0.15, 0.2) is 22.7 Å². The molecule has 1 aliphatic rings. The molecule has 0 unspecified atom stereocenters. The number of amides is 1. The van der Waals surface area contributed by atoms with Gasteiger partial charge in [-0.3, -0.25) is 4.79 Å². The molecule has 98 valence electrons. The van der Waals surface area contributed by atoms with E-state index in [1.54, 1.807) is 18.2 Å². The van der Waals surface area contributed by atoms with Crippen LogP contribution in [0.1, 0.15) is 37.0 Å². The van der Waals surface area contributed by atoms with E-state index in [9.17, 15) is 4.79 Å². The maximum atomic E-state index is 12.5. The van der Waals surface area contributed by atoms with Crippen molar-refractivity contribution >= 4 is 33.4 Å². The first-order chi connectivity index (χ1) is 8.49. The van der Waals surface area contributed by atoms with Crippen molar-refractivity contribution in [3.05, 3.63) is 33.3 Å². The van der Waals surface area contributed by atoms with Gasteiger partial charge in [-0.2, -0.15) is 0 Å². The molecule has 0 aromatic heterocycles. The Hall–Kier alpha value is -0.540. The Morgan fingerprint density at radius 3 is 2.67 bits per heavy atom. The molecule has 1 fully saturated rings. The number of carbonyl (C=O) groups excluding carboxylic acids is 1. The molecule has 0 saturated heterocycles. The summed E-state index contributed by atoms with van der Waals surface area (Å²) in [6.07, 6.45) is 2.26. The molecule has 0 spiro atoms. The van der Waals surface area contributed by atoms with Crippen LogP contribution in [0.3, 0.4) is 0 Å². The minimum atomic E-state index is 0.114. The second kappa shape index (κ2) is 5.62. The lowest BCUT2D eigenvalue weighted by Crippen LogP contribution is -2.36. The first-order valence-electron chi connectivity index (χ1n) is 6.25. The molecular weight excluding hydrogens is 314 g/mol. The van der Waals surface area contributed by atoms with Gasteiger partial charge in [0.05, 0.1) is 5.02 Å². The molecule has 1 aliphatic carbocycles. The first-order valence-corrected chi connectivity index (χ1v) is 7.42. The van der Waals surface area contributed by atoms with Crippen LogP contribution in [-0.2, 0) is 0 Å². The predicted octanol–water partition coefficient (Wildman–Crippen LogP) is 4.36. The van der Waals surface area contributed by atoms with Crippen molar-refractivity contribution in [2.75, 3.05) is 6.54 Å². The monoisotopic (exact) mass is 329 g/mol. The van der Waals surface area contributed by atoms with Gasteiger partial charge in [0.25, 0.3) is 5.91 Å². The molecule has 2 nitrogen and oxygen atoms in total. The number of hydrogen-bond acceptors (Lipinski definition) is 1. The highest BCUT2D eigenvalue weighted by molar-refractivity contribution is 9.10. The minimum Gasteiger partial charge on any atom is -0.335 e. The summed E-state index contributed by atoms with van der Waals surface area (Å²) >= 11 is 9.32.